The van der Waals surface area contributed by atoms with Gasteiger partial charge < -0.3 is 14.8 Å². The molecule has 7 heteroatoms. The van der Waals surface area contributed by atoms with Gasteiger partial charge in [0, 0.05) is 28.4 Å². The van der Waals surface area contributed by atoms with Crippen molar-refractivity contribution >= 4 is 45.1 Å². The summed E-state index contributed by atoms with van der Waals surface area (Å²) in [5.41, 5.74) is 5.24. The quantitative estimate of drug-likeness (QED) is 0.311. The summed E-state index contributed by atoms with van der Waals surface area (Å²) in [6.45, 7) is 7.94. The lowest BCUT2D eigenvalue weighted by Gasteiger charge is -2.17. The zero-order chi connectivity index (χ0) is 23.5. The van der Waals surface area contributed by atoms with Crippen LogP contribution in [-0.2, 0) is 9.47 Å². The van der Waals surface area contributed by atoms with Crippen LogP contribution in [0.1, 0.15) is 45.8 Å². The molecule has 0 radical (unpaired) electrons. The largest absolute Gasteiger partial charge is 0.462 e. The molecule has 2 aromatic heterocycles. The topological polar surface area (TPSA) is 90.4 Å². The first-order valence-electron chi connectivity index (χ1n) is 10.8. The number of carbonyl (C=O) groups excluding carboxylic acids is 2. The molecule has 0 saturated carbocycles. The minimum Gasteiger partial charge on any atom is -0.462 e. The predicted octanol–water partition coefficient (Wildman–Crippen LogP) is 5.50. The van der Waals surface area contributed by atoms with Crippen molar-refractivity contribution in [3.8, 4) is 0 Å². The SMILES string of the molecule is CCOC(=O)c1cccc(Nc2c(C(=O)OCC)cnc3c2c(C)nc2ccc(C)cc23)c1. The van der Waals surface area contributed by atoms with Gasteiger partial charge in [0.25, 0.3) is 0 Å². The van der Waals surface area contributed by atoms with E-state index in [0.29, 0.717) is 22.5 Å². The van der Waals surface area contributed by atoms with E-state index in [1.807, 2.05) is 38.1 Å². The van der Waals surface area contributed by atoms with Crippen molar-refractivity contribution in [2.24, 2.45) is 0 Å². The maximum atomic E-state index is 12.8. The highest BCUT2D eigenvalue weighted by atomic mass is 16.5. The van der Waals surface area contributed by atoms with E-state index in [0.717, 1.165) is 33.1 Å². The van der Waals surface area contributed by atoms with Crippen LogP contribution < -0.4 is 5.32 Å². The molecule has 4 rings (SSSR count). The van der Waals surface area contributed by atoms with Crippen LogP contribution in [0.2, 0.25) is 0 Å². The molecule has 0 amide bonds. The Morgan fingerprint density at radius 1 is 0.970 bits per heavy atom. The van der Waals surface area contributed by atoms with Gasteiger partial charge in [0.15, 0.2) is 0 Å². The number of rotatable bonds is 6. The molecule has 2 heterocycles. The summed E-state index contributed by atoms with van der Waals surface area (Å²) >= 11 is 0. The van der Waals surface area contributed by atoms with Crippen LogP contribution in [0.5, 0.6) is 0 Å². The Kier molecular flexibility index (Phi) is 6.22. The molecule has 7 nitrogen and oxygen atoms in total. The zero-order valence-corrected chi connectivity index (χ0v) is 19.1. The molecule has 1 N–H and O–H groups in total. The summed E-state index contributed by atoms with van der Waals surface area (Å²) in [7, 11) is 0. The second-order valence-corrected chi connectivity index (χ2v) is 7.64. The van der Waals surface area contributed by atoms with E-state index in [9.17, 15) is 9.59 Å². The van der Waals surface area contributed by atoms with Crippen molar-refractivity contribution in [1.82, 2.24) is 9.97 Å². The summed E-state index contributed by atoms with van der Waals surface area (Å²) in [5.74, 6) is -0.898. The normalized spacial score (nSPS) is 10.9. The lowest BCUT2D eigenvalue weighted by Crippen LogP contribution is -2.10. The Labute approximate surface area is 191 Å². The van der Waals surface area contributed by atoms with Crippen molar-refractivity contribution in [3.05, 3.63) is 71.0 Å². The highest BCUT2D eigenvalue weighted by Crippen LogP contribution is 2.35. The lowest BCUT2D eigenvalue weighted by molar-refractivity contribution is 0.0517. The number of carbonyl (C=O) groups is 2. The van der Waals surface area contributed by atoms with Crippen molar-refractivity contribution in [2.75, 3.05) is 18.5 Å². The Hall–Kier alpha value is -4.00. The summed E-state index contributed by atoms with van der Waals surface area (Å²) in [6.07, 6.45) is 1.53. The van der Waals surface area contributed by atoms with E-state index < -0.39 is 11.9 Å². The third-order valence-electron chi connectivity index (χ3n) is 5.27. The highest BCUT2D eigenvalue weighted by Gasteiger charge is 2.21. The Bertz CT molecular complexity index is 1380. The number of hydrogen-bond acceptors (Lipinski definition) is 7. The minimum atomic E-state index is -0.486. The molecule has 0 bridgehead atoms. The fraction of sp³-hybridized carbons (Fsp3) is 0.231. The predicted molar refractivity (Wildman–Crippen MR) is 128 cm³/mol. The molecule has 0 aliphatic carbocycles. The van der Waals surface area contributed by atoms with E-state index in [2.05, 4.69) is 10.3 Å². The fourth-order valence-corrected chi connectivity index (χ4v) is 3.82. The van der Waals surface area contributed by atoms with Crippen molar-refractivity contribution in [3.63, 3.8) is 0 Å². The van der Waals surface area contributed by atoms with Crippen LogP contribution in [0.25, 0.3) is 21.8 Å². The Morgan fingerprint density at radius 3 is 2.48 bits per heavy atom. The average molecular weight is 444 g/mol. The number of anilines is 2. The second-order valence-electron chi connectivity index (χ2n) is 7.64. The highest BCUT2D eigenvalue weighted by molar-refractivity contribution is 6.14. The van der Waals surface area contributed by atoms with Crippen molar-refractivity contribution in [1.29, 1.82) is 0 Å². The molecular weight excluding hydrogens is 418 g/mol. The molecule has 2 aromatic carbocycles. The molecule has 168 valence electrons. The average Bonchev–Trinajstić information content (AvgIpc) is 2.80. The van der Waals surface area contributed by atoms with Crippen LogP contribution in [0.4, 0.5) is 11.4 Å². The maximum absolute atomic E-state index is 12.8. The molecule has 4 aromatic rings. The molecule has 33 heavy (non-hydrogen) atoms. The van der Waals surface area contributed by atoms with E-state index in [1.165, 1.54) is 6.20 Å². The number of aromatic nitrogens is 2. The molecule has 0 fully saturated rings. The summed E-state index contributed by atoms with van der Waals surface area (Å²) in [6, 6.07) is 13.0. The van der Waals surface area contributed by atoms with Crippen LogP contribution in [0.3, 0.4) is 0 Å². The van der Waals surface area contributed by atoms with Crippen LogP contribution in [-0.4, -0.2) is 35.1 Å². The lowest BCUT2D eigenvalue weighted by atomic mass is 10.0. The number of esters is 2. The summed E-state index contributed by atoms with van der Waals surface area (Å²) < 4.78 is 10.4. The number of benzene rings is 2. The monoisotopic (exact) mass is 443 g/mol. The van der Waals surface area contributed by atoms with Gasteiger partial charge in [-0.25, -0.2) is 9.59 Å². The van der Waals surface area contributed by atoms with Crippen molar-refractivity contribution < 1.29 is 19.1 Å². The van der Waals surface area contributed by atoms with Crippen molar-refractivity contribution in [2.45, 2.75) is 27.7 Å². The number of nitrogens with zero attached hydrogens (tertiary/aromatic N) is 2. The number of fused-ring (bicyclic) bond motifs is 3. The van der Waals surface area contributed by atoms with E-state index in [-0.39, 0.29) is 13.2 Å². The van der Waals surface area contributed by atoms with E-state index in [4.69, 9.17) is 14.5 Å². The third-order valence-corrected chi connectivity index (χ3v) is 5.27. The van der Waals surface area contributed by atoms with Crippen LogP contribution >= 0.6 is 0 Å². The van der Waals surface area contributed by atoms with Gasteiger partial charge in [0.05, 0.1) is 35.5 Å². The molecule has 0 spiro atoms. The summed E-state index contributed by atoms with van der Waals surface area (Å²) in [5, 5.41) is 4.94. The van der Waals surface area contributed by atoms with Gasteiger partial charge in [-0.3, -0.25) is 9.97 Å². The first kappa shape index (κ1) is 22.2. The van der Waals surface area contributed by atoms with Gasteiger partial charge in [0.1, 0.15) is 5.56 Å². The van der Waals surface area contributed by atoms with Gasteiger partial charge in [-0.1, -0.05) is 17.7 Å². The zero-order valence-electron chi connectivity index (χ0n) is 19.1. The van der Waals surface area contributed by atoms with Crippen LogP contribution in [0.15, 0.2) is 48.7 Å². The Morgan fingerprint density at radius 2 is 1.73 bits per heavy atom. The number of nitrogens with one attached hydrogen (secondary N) is 1. The summed E-state index contributed by atoms with van der Waals surface area (Å²) in [4.78, 5) is 34.4. The molecule has 0 aliphatic rings. The maximum Gasteiger partial charge on any atom is 0.341 e. The second kappa shape index (κ2) is 9.24. The van der Waals surface area contributed by atoms with Gasteiger partial charge in [-0.15, -0.1) is 0 Å². The van der Waals surface area contributed by atoms with Crippen LogP contribution in [0, 0.1) is 13.8 Å². The van der Waals surface area contributed by atoms with Gasteiger partial charge in [-0.05, 0) is 58.0 Å². The fourth-order valence-electron chi connectivity index (χ4n) is 3.82. The standard InChI is InChI=1S/C26H25N3O4/c1-5-32-25(30)17-8-7-9-18(13-17)29-24-20(26(31)33-6-2)14-27-23-19-12-15(3)10-11-21(19)28-16(4)22(23)24/h7-14H,5-6H2,1-4H3,(H,27,29). The number of aryl methyl sites for hydroxylation is 2. The third kappa shape index (κ3) is 4.35. The molecule has 0 aliphatic heterocycles. The van der Waals surface area contributed by atoms with Gasteiger partial charge >= 0.3 is 11.9 Å². The number of hydrogen-bond donors (Lipinski definition) is 1. The number of ether oxygens (including phenoxy) is 2. The number of pyridine rings is 2. The van der Waals surface area contributed by atoms with E-state index in [1.54, 1.807) is 32.0 Å². The molecule has 0 atom stereocenters. The first-order chi connectivity index (χ1) is 15.9. The first-order valence-corrected chi connectivity index (χ1v) is 10.8. The van der Waals surface area contributed by atoms with Gasteiger partial charge in [0.2, 0.25) is 0 Å². The smallest absolute Gasteiger partial charge is 0.341 e. The Balaban J connectivity index is 1.94. The molecular formula is C26H25N3O4. The van der Waals surface area contributed by atoms with Gasteiger partial charge in [-0.2, -0.15) is 0 Å². The molecule has 0 saturated heterocycles. The van der Waals surface area contributed by atoms with E-state index >= 15 is 0 Å². The molecule has 0 unspecified atom stereocenters. The minimum absolute atomic E-state index is 0.239.